The fourth-order valence-corrected chi connectivity index (χ4v) is 4.71. The van der Waals surface area contributed by atoms with Gasteiger partial charge in [-0.2, -0.15) is 18.3 Å². The first-order chi connectivity index (χ1) is 12.8. The highest BCUT2D eigenvalue weighted by Crippen LogP contribution is 2.42. The standard InChI is InChI=1S/C20H27F3N4/c1-12-7-8-24-11-16(12)18-9-13(2)25-19-10-17(26-27(18)19)14-3-5-15(6-4-14)20(21,22)23/h9-10,12,14-16,24H,3-8,11H2,1-2H3/t12-,14-,15-,16+/m1/s1. The van der Waals surface area contributed by atoms with Crippen molar-refractivity contribution in [2.75, 3.05) is 13.1 Å². The van der Waals surface area contributed by atoms with Gasteiger partial charge in [0.25, 0.3) is 0 Å². The van der Waals surface area contributed by atoms with Crippen LogP contribution >= 0.6 is 0 Å². The molecule has 7 heteroatoms. The normalized spacial score (nSPS) is 30.0. The smallest absolute Gasteiger partial charge is 0.316 e. The summed E-state index contributed by atoms with van der Waals surface area (Å²) in [6.45, 7) is 6.23. The minimum Gasteiger partial charge on any atom is -0.316 e. The number of rotatable bonds is 2. The van der Waals surface area contributed by atoms with E-state index in [-0.39, 0.29) is 18.8 Å². The van der Waals surface area contributed by atoms with Gasteiger partial charge in [0.2, 0.25) is 0 Å². The van der Waals surface area contributed by atoms with Crippen LogP contribution in [0.15, 0.2) is 12.1 Å². The van der Waals surface area contributed by atoms with Gasteiger partial charge in [-0.1, -0.05) is 6.92 Å². The van der Waals surface area contributed by atoms with E-state index >= 15 is 0 Å². The molecule has 0 radical (unpaired) electrons. The average Bonchev–Trinajstić information content (AvgIpc) is 3.05. The van der Waals surface area contributed by atoms with Crippen LogP contribution in [0.25, 0.3) is 5.65 Å². The van der Waals surface area contributed by atoms with Gasteiger partial charge < -0.3 is 5.32 Å². The van der Waals surface area contributed by atoms with Crippen LogP contribution in [-0.4, -0.2) is 33.9 Å². The first-order valence-corrected chi connectivity index (χ1v) is 9.97. The summed E-state index contributed by atoms with van der Waals surface area (Å²) in [6, 6.07) is 4.09. The molecule has 1 saturated heterocycles. The van der Waals surface area contributed by atoms with E-state index in [2.05, 4.69) is 23.3 Å². The number of nitrogens with zero attached hydrogens (tertiary/aromatic N) is 3. The lowest BCUT2D eigenvalue weighted by Gasteiger charge is -2.30. The molecule has 0 spiro atoms. The summed E-state index contributed by atoms with van der Waals surface area (Å²) >= 11 is 0. The number of aromatic nitrogens is 3. The monoisotopic (exact) mass is 380 g/mol. The fourth-order valence-electron chi connectivity index (χ4n) is 4.71. The van der Waals surface area contributed by atoms with Crippen molar-refractivity contribution in [3.05, 3.63) is 29.2 Å². The summed E-state index contributed by atoms with van der Waals surface area (Å²) < 4.78 is 40.8. The molecule has 0 unspecified atom stereocenters. The summed E-state index contributed by atoms with van der Waals surface area (Å²) in [5, 5.41) is 8.29. The van der Waals surface area contributed by atoms with Gasteiger partial charge in [0.15, 0.2) is 5.65 Å². The first kappa shape index (κ1) is 18.7. The van der Waals surface area contributed by atoms with Crippen LogP contribution in [0.5, 0.6) is 0 Å². The van der Waals surface area contributed by atoms with Crippen molar-refractivity contribution in [1.29, 1.82) is 0 Å². The van der Waals surface area contributed by atoms with E-state index in [1.54, 1.807) is 0 Å². The Morgan fingerprint density at radius 2 is 1.85 bits per heavy atom. The lowest BCUT2D eigenvalue weighted by molar-refractivity contribution is -0.182. The Morgan fingerprint density at radius 3 is 2.52 bits per heavy atom. The zero-order valence-corrected chi connectivity index (χ0v) is 15.9. The van der Waals surface area contributed by atoms with E-state index in [9.17, 15) is 13.2 Å². The van der Waals surface area contributed by atoms with E-state index in [0.717, 1.165) is 42.2 Å². The van der Waals surface area contributed by atoms with Gasteiger partial charge in [-0.3, -0.25) is 0 Å². The van der Waals surface area contributed by atoms with Gasteiger partial charge in [0.05, 0.1) is 17.3 Å². The van der Waals surface area contributed by atoms with Gasteiger partial charge in [0, 0.05) is 30.1 Å². The summed E-state index contributed by atoms with van der Waals surface area (Å²) in [7, 11) is 0. The molecular weight excluding hydrogens is 353 g/mol. The summed E-state index contributed by atoms with van der Waals surface area (Å²) in [4.78, 5) is 4.63. The van der Waals surface area contributed by atoms with E-state index in [1.807, 2.05) is 17.5 Å². The third-order valence-electron chi connectivity index (χ3n) is 6.42. The quantitative estimate of drug-likeness (QED) is 0.829. The molecular formula is C20H27F3N4. The van der Waals surface area contributed by atoms with E-state index in [1.165, 1.54) is 0 Å². The van der Waals surface area contributed by atoms with Gasteiger partial charge in [-0.25, -0.2) is 9.50 Å². The molecule has 1 aliphatic heterocycles. The number of fused-ring (bicyclic) bond motifs is 1. The lowest BCUT2D eigenvalue weighted by Crippen LogP contribution is -2.35. The van der Waals surface area contributed by atoms with Crippen molar-refractivity contribution in [3.63, 3.8) is 0 Å². The van der Waals surface area contributed by atoms with Crippen LogP contribution in [0.2, 0.25) is 0 Å². The molecule has 4 nitrogen and oxygen atoms in total. The van der Waals surface area contributed by atoms with E-state index < -0.39 is 12.1 Å². The van der Waals surface area contributed by atoms with Gasteiger partial charge >= 0.3 is 6.18 Å². The largest absolute Gasteiger partial charge is 0.391 e. The third-order valence-corrected chi connectivity index (χ3v) is 6.42. The van der Waals surface area contributed by atoms with Crippen molar-refractivity contribution in [2.45, 2.75) is 64.0 Å². The van der Waals surface area contributed by atoms with Crippen LogP contribution in [-0.2, 0) is 0 Å². The van der Waals surface area contributed by atoms with Crippen LogP contribution in [0.1, 0.15) is 67.9 Å². The number of nitrogens with one attached hydrogen (secondary N) is 1. The molecule has 1 saturated carbocycles. The second-order valence-electron chi connectivity index (χ2n) is 8.33. The van der Waals surface area contributed by atoms with Gasteiger partial charge in [-0.05, 0) is 57.6 Å². The second-order valence-corrected chi connectivity index (χ2v) is 8.33. The Labute approximate surface area is 157 Å². The third kappa shape index (κ3) is 3.71. The summed E-state index contributed by atoms with van der Waals surface area (Å²) in [5.74, 6) is -0.126. The number of aryl methyl sites for hydroxylation is 1. The number of hydrogen-bond donors (Lipinski definition) is 1. The highest BCUT2D eigenvalue weighted by Gasteiger charge is 2.42. The summed E-state index contributed by atoms with van der Waals surface area (Å²) in [5.41, 5.74) is 3.83. The van der Waals surface area contributed by atoms with E-state index in [4.69, 9.17) is 5.10 Å². The molecule has 2 aromatic rings. The van der Waals surface area contributed by atoms with Crippen molar-refractivity contribution in [2.24, 2.45) is 11.8 Å². The molecule has 1 N–H and O–H groups in total. The molecule has 4 rings (SSSR count). The van der Waals surface area contributed by atoms with Crippen molar-refractivity contribution in [3.8, 4) is 0 Å². The molecule has 2 aliphatic rings. The maximum atomic E-state index is 12.9. The van der Waals surface area contributed by atoms with Crippen molar-refractivity contribution in [1.82, 2.24) is 19.9 Å². The van der Waals surface area contributed by atoms with Crippen LogP contribution in [0, 0.1) is 18.8 Å². The molecule has 27 heavy (non-hydrogen) atoms. The predicted molar refractivity (Wildman–Crippen MR) is 97.9 cm³/mol. The maximum Gasteiger partial charge on any atom is 0.391 e. The highest BCUT2D eigenvalue weighted by atomic mass is 19.4. The second kappa shape index (κ2) is 7.08. The molecule has 1 aliphatic carbocycles. The molecule has 2 aromatic heterocycles. The molecule has 148 valence electrons. The molecule has 0 amide bonds. The van der Waals surface area contributed by atoms with Crippen molar-refractivity contribution < 1.29 is 13.2 Å². The molecule has 2 fully saturated rings. The number of piperidine rings is 1. The molecule has 2 atom stereocenters. The summed E-state index contributed by atoms with van der Waals surface area (Å²) in [6.07, 6.45) is -1.45. The minimum absolute atomic E-state index is 0.0976. The first-order valence-electron chi connectivity index (χ1n) is 9.97. The number of hydrogen-bond acceptors (Lipinski definition) is 3. The Morgan fingerprint density at radius 1 is 1.11 bits per heavy atom. The molecule has 3 heterocycles. The minimum atomic E-state index is -4.07. The Bertz CT molecular complexity index is 805. The zero-order chi connectivity index (χ0) is 19.2. The lowest BCUT2D eigenvalue weighted by atomic mass is 9.80. The van der Waals surface area contributed by atoms with Gasteiger partial charge in [-0.15, -0.1) is 0 Å². The number of alkyl halides is 3. The average molecular weight is 380 g/mol. The predicted octanol–water partition coefficient (Wildman–Crippen LogP) is 4.59. The van der Waals surface area contributed by atoms with Crippen molar-refractivity contribution >= 4 is 5.65 Å². The molecule has 0 bridgehead atoms. The SMILES string of the molecule is Cc1cc([C@H]2CNCC[C@H]2C)n2nc([C@H]3CC[C@H](C(F)(F)F)CC3)cc2n1. The van der Waals surface area contributed by atoms with E-state index in [0.29, 0.717) is 24.7 Å². The van der Waals surface area contributed by atoms with Crippen LogP contribution in [0.3, 0.4) is 0 Å². The Hall–Kier alpha value is -1.63. The highest BCUT2D eigenvalue weighted by molar-refractivity contribution is 5.43. The zero-order valence-electron chi connectivity index (χ0n) is 15.9. The van der Waals surface area contributed by atoms with Gasteiger partial charge in [0.1, 0.15) is 0 Å². The number of halogens is 3. The topological polar surface area (TPSA) is 42.2 Å². The van der Waals surface area contributed by atoms with Crippen LogP contribution < -0.4 is 5.32 Å². The molecule has 0 aromatic carbocycles. The fraction of sp³-hybridized carbons (Fsp3) is 0.700. The maximum absolute atomic E-state index is 12.9. The Balaban J connectivity index is 1.62. The Kier molecular flexibility index (Phi) is 4.91. The van der Waals surface area contributed by atoms with Crippen LogP contribution in [0.4, 0.5) is 13.2 Å².